The number of fused-ring (bicyclic) bond motifs is 1. The van der Waals surface area contributed by atoms with Gasteiger partial charge in [-0.05, 0) is 17.5 Å². The predicted molar refractivity (Wildman–Crippen MR) is 75.8 cm³/mol. The van der Waals surface area contributed by atoms with Crippen molar-refractivity contribution in [3.8, 4) is 0 Å². The molecule has 3 rings (SSSR count). The van der Waals surface area contributed by atoms with Gasteiger partial charge in [0.15, 0.2) is 0 Å². The van der Waals surface area contributed by atoms with Gasteiger partial charge in [0.1, 0.15) is 19.2 Å². The van der Waals surface area contributed by atoms with Crippen molar-refractivity contribution < 1.29 is 10.1 Å². The van der Waals surface area contributed by atoms with Crippen molar-refractivity contribution in [3.05, 3.63) is 71.3 Å². The van der Waals surface area contributed by atoms with Crippen LogP contribution in [0.5, 0.6) is 0 Å². The first-order valence-electron chi connectivity index (χ1n) is 6.98. The summed E-state index contributed by atoms with van der Waals surface area (Å²) in [7, 11) is 0. The molecule has 19 heavy (non-hydrogen) atoms. The maximum Gasteiger partial charge on any atom is 0.131 e. The largest absolute Gasteiger partial charge is 0.367 e. The van der Waals surface area contributed by atoms with Gasteiger partial charge in [0.05, 0.1) is 6.61 Å². The SMILES string of the molecule is c1ccc(C[NH2+]C[C@@H]2OCCc3ccccc32)cc1. The van der Waals surface area contributed by atoms with E-state index >= 15 is 0 Å². The number of ether oxygens (including phenoxy) is 1. The van der Waals surface area contributed by atoms with Crippen molar-refractivity contribution in [1.82, 2.24) is 0 Å². The lowest BCUT2D eigenvalue weighted by Gasteiger charge is -2.24. The molecule has 0 bridgehead atoms. The van der Waals surface area contributed by atoms with E-state index in [1.807, 2.05) is 0 Å². The van der Waals surface area contributed by atoms with Gasteiger partial charge in [-0.2, -0.15) is 0 Å². The summed E-state index contributed by atoms with van der Waals surface area (Å²) >= 11 is 0. The molecule has 0 spiro atoms. The van der Waals surface area contributed by atoms with Crippen LogP contribution in [0.25, 0.3) is 0 Å². The molecular weight excluding hydrogens is 234 g/mol. The Hall–Kier alpha value is -1.64. The highest BCUT2D eigenvalue weighted by molar-refractivity contribution is 5.30. The van der Waals surface area contributed by atoms with Crippen molar-refractivity contribution in [2.75, 3.05) is 13.2 Å². The van der Waals surface area contributed by atoms with E-state index in [9.17, 15) is 0 Å². The molecule has 1 atom stereocenters. The number of hydrogen-bond donors (Lipinski definition) is 1. The highest BCUT2D eigenvalue weighted by atomic mass is 16.5. The van der Waals surface area contributed by atoms with Crippen LogP contribution < -0.4 is 5.32 Å². The molecule has 0 aliphatic carbocycles. The smallest absolute Gasteiger partial charge is 0.131 e. The second kappa shape index (κ2) is 6.00. The topological polar surface area (TPSA) is 25.8 Å². The molecule has 0 amide bonds. The van der Waals surface area contributed by atoms with E-state index in [0.29, 0.717) is 0 Å². The molecule has 0 unspecified atom stereocenters. The standard InChI is InChI=1S/C17H19NO/c1-2-6-14(7-3-1)12-18-13-17-16-9-5-4-8-15(16)10-11-19-17/h1-9,17-18H,10-13H2/p+1/t17-/m0/s1. The maximum absolute atomic E-state index is 5.91. The molecule has 98 valence electrons. The molecule has 0 aromatic heterocycles. The van der Waals surface area contributed by atoms with Crippen LogP contribution in [-0.2, 0) is 17.7 Å². The van der Waals surface area contributed by atoms with E-state index in [1.165, 1.54) is 16.7 Å². The van der Waals surface area contributed by atoms with Gasteiger partial charge in [0.2, 0.25) is 0 Å². The maximum atomic E-state index is 5.91. The fourth-order valence-electron chi connectivity index (χ4n) is 2.69. The van der Waals surface area contributed by atoms with Crippen LogP contribution in [0, 0.1) is 0 Å². The fraction of sp³-hybridized carbons (Fsp3) is 0.294. The number of quaternary nitrogens is 1. The first kappa shape index (κ1) is 12.4. The van der Waals surface area contributed by atoms with Crippen LogP contribution in [0.3, 0.4) is 0 Å². The summed E-state index contributed by atoms with van der Waals surface area (Å²) in [5.74, 6) is 0. The van der Waals surface area contributed by atoms with E-state index in [-0.39, 0.29) is 6.10 Å². The second-order valence-electron chi connectivity index (χ2n) is 5.02. The lowest BCUT2D eigenvalue weighted by molar-refractivity contribution is -0.678. The predicted octanol–water partition coefficient (Wildman–Crippen LogP) is 2.06. The van der Waals surface area contributed by atoms with Gasteiger partial charge >= 0.3 is 0 Å². The third kappa shape index (κ3) is 3.03. The molecule has 2 aromatic carbocycles. The van der Waals surface area contributed by atoms with Gasteiger partial charge in [-0.15, -0.1) is 0 Å². The Labute approximate surface area is 114 Å². The third-order valence-electron chi connectivity index (χ3n) is 3.70. The Morgan fingerprint density at radius 2 is 1.79 bits per heavy atom. The first-order chi connectivity index (χ1) is 9.43. The molecular formula is C17H20NO+. The summed E-state index contributed by atoms with van der Waals surface area (Å²) in [6.45, 7) is 2.86. The van der Waals surface area contributed by atoms with Crippen molar-refractivity contribution in [1.29, 1.82) is 0 Å². The summed E-state index contributed by atoms with van der Waals surface area (Å²) in [4.78, 5) is 0. The number of nitrogens with two attached hydrogens (primary N) is 1. The zero-order chi connectivity index (χ0) is 12.9. The van der Waals surface area contributed by atoms with Gasteiger partial charge < -0.3 is 10.1 Å². The number of benzene rings is 2. The minimum atomic E-state index is 0.244. The average Bonchev–Trinajstić information content (AvgIpc) is 2.49. The number of rotatable bonds is 4. The van der Waals surface area contributed by atoms with E-state index < -0.39 is 0 Å². The molecule has 1 aliphatic rings. The average molecular weight is 254 g/mol. The monoisotopic (exact) mass is 254 g/mol. The quantitative estimate of drug-likeness (QED) is 0.888. The van der Waals surface area contributed by atoms with Crippen LogP contribution in [0.2, 0.25) is 0 Å². The molecule has 2 heteroatoms. The lowest BCUT2D eigenvalue weighted by Crippen LogP contribution is -2.83. The summed E-state index contributed by atoms with van der Waals surface area (Å²) in [6.07, 6.45) is 1.29. The summed E-state index contributed by atoms with van der Waals surface area (Å²) in [6, 6.07) is 19.2. The highest BCUT2D eigenvalue weighted by Gasteiger charge is 2.21. The highest BCUT2D eigenvalue weighted by Crippen LogP contribution is 2.25. The molecule has 0 saturated heterocycles. The summed E-state index contributed by atoms with van der Waals surface area (Å²) in [5.41, 5.74) is 4.19. The van der Waals surface area contributed by atoms with Crippen LogP contribution in [0.15, 0.2) is 54.6 Å². The van der Waals surface area contributed by atoms with Crippen LogP contribution >= 0.6 is 0 Å². The van der Waals surface area contributed by atoms with Gasteiger partial charge in [0.25, 0.3) is 0 Å². The van der Waals surface area contributed by atoms with Gasteiger partial charge in [0, 0.05) is 5.56 Å². The van der Waals surface area contributed by atoms with E-state index in [2.05, 4.69) is 59.9 Å². The lowest BCUT2D eigenvalue weighted by atomic mass is 9.97. The van der Waals surface area contributed by atoms with Gasteiger partial charge in [-0.3, -0.25) is 0 Å². The zero-order valence-corrected chi connectivity index (χ0v) is 11.1. The minimum Gasteiger partial charge on any atom is -0.367 e. The molecule has 1 aliphatic heterocycles. The van der Waals surface area contributed by atoms with Gasteiger partial charge in [-0.25, -0.2) is 0 Å². The molecule has 0 radical (unpaired) electrons. The Morgan fingerprint density at radius 1 is 1.00 bits per heavy atom. The van der Waals surface area contributed by atoms with Crippen molar-refractivity contribution in [3.63, 3.8) is 0 Å². The second-order valence-corrected chi connectivity index (χ2v) is 5.02. The summed E-state index contributed by atoms with van der Waals surface area (Å²) < 4.78 is 5.91. The van der Waals surface area contributed by atoms with Crippen LogP contribution in [-0.4, -0.2) is 13.2 Å². The Balaban J connectivity index is 1.59. The van der Waals surface area contributed by atoms with E-state index in [1.54, 1.807) is 0 Å². The van der Waals surface area contributed by atoms with Crippen LogP contribution in [0.4, 0.5) is 0 Å². The minimum absolute atomic E-state index is 0.244. The van der Waals surface area contributed by atoms with E-state index in [4.69, 9.17) is 4.74 Å². The van der Waals surface area contributed by atoms with Crippen molar-refractivity contribution in [2.24, 2.45) is 0 Å². The molecule has 2 aromatic rings. The van der Waals surface area contributed by atoms with Crippen molar-refractivity contribution in [2.45, 2.75) is 19.1 Å². The zero-order valence-electron chi connectivity index (χ0n) is 11.1. The molecule has 0 fully saturated rings. The van der Waals surface area contributed by atoms with Crippen LogP contribution in [0.1, 0.15) is 22.8 Å². The van der Waals surface area contributed by atoms with E-state index in [0.717, 1.165) is 26.1 Å². The number of hydrogen-bond acceptors (Lipinski definition) is 1. The van der Waals surface area contributed by atoms with Crippen molar-refractivity contribution >= 4 is 0 Å². The normalized spacial score (nSPS) is 18.0. The molecule has 1 heterocycles. The third-order valence-corrected chi connectivity index (χ3v) is 3.70. The molecule has 2 nitrogen and oxygen atoms in total. The molecule has 2 N–H and O–H groups in total. The Kier molecular flexibility index (Phi) is 3.92. The Bertz CT molecular complexity index is 524. The Morgan fingerprint density at radius 3 is 2.68 bits per heavy atom. The summed E-state index contributed by atoms with van der Waals surface area (Å²) in [5, 5.41) is 2.34. The van der Waals surface area contributed by atoms with Gasteiger partial charge in [-0.1, -0.05) is 54.6 Å². The molecule has 0 saturated carbocycles. The fourth-order valence-corrected chi connectivity index (χ4v) is 2.69. The first-order valence-corrected chi connectivity index (χ1v) is 6.98.